The van der Waals surface area contributed by atoms with E-state index in [0.29, 0.717) is 0 Å². The van der Waals surface area contributed by atoms with E-state index < -0.39 is 0 Å². The molecule has 0 atom stereocenters. The normalized spacial score (nSPS) is 16.0. The van der Waals surface area contributed by atoms with Crippen molar-refractivity contribution in [2.45, 2.75) is 33.6 Å². The largest absolute Gasteiger partial charge is 0.381 e. The van der Waals surface area contributed by atoms with E-state index in [1.54, 1.807) is 6.92 Å². The molecule has 2 nitrogen and oxygen atoms in total. The average Bonchev–Trinajstić information content (AvgIpc) is 2.41. The summed E-state index contributed by atoms with van der Waals surface area (Å²) in [7, 11) is 0. The summed E-state index contributed by atoms with van der Waals surface area (Å²) in [5.74, 6) is 0.472. The molecule has 0 amide bonds. The molecule has 0 aromatic heterocycles. The van der Waals surface area contributed by atoms with E-state index in [1.165, 1.54) is 12.8 Å². The molecule has 0 spiro atoms. The van der Waals surface area contributed by atoms with E-state index in [9.17, 15) is 4.79 Å². The van der Waals surface area contributed by atoms with E-state index in [0.717, 1.165) is 13.2 Å². The van der Waals surface area contributed by atoms with Gasteiger partial charge in [0.2, 0.25) is 0 Å². The van der Waals surface area contributed by atoms with Crippen LogP contribution in [0.5, 0.6) is 0 Å². The van der Waals surface area contributed by atoms with Gasteiger partial charge in [-0.15, -0.1) is 0 Å². The molecule has 0 aromatic carbocycles. The first kappa shape index (κ1) is 10.6. The second-order valence-corrected chi connectivity index (χ2v) is 3.08. The van der Waals surface area contributed by atoms with Gasteiger partial charge in [-0.1, -0.05) is 13.8 Å². The van der Waals surface area contributed by atoms with Crippen molar-refractivity contribution in [3.8, 4) is 0 Å². The summed E-state index contributed by atoms with van der Waals surface area (Å²) in [4.78, 5) is 10.1. The van der Waals surface area contributed by atoms with Gasteiger partial charge in [0.15, 0.2) is 0 Å². The highest BCUT2D eigenvalue weighted by Crippen LogP contribution is 1.98. The number of ether oxygens (including phenoxy) is 1. The summed E-state index contributed by atoms with van der Waals surface area (Å²) >= 11 is 0. The van der Waals surface area contributed by atoms with Crippen LogP contribution in [0, 0.1) is 5.92 Å². The summed E-state index contributed by atoms with van der Waals surface area (Å²) < 4.78 is 4.94. The standard InChI is InChI=1S/C5H10O.C4H8O/c1-4(2)5(3)6;1-2-4-5-3-1/h4H,1-3H3;1-4H2. The zero-order chi connectivity index (χ0) is 8.69. The molecule has 0 N–H and O–H groups in total. The van der Waals surface area contributed by atoms with Crippen molar-refractivity contribution in [2.75, 3.05) is 13.2 Å². The van der Waals surface area contributed by atoms with Crippen molar-refractivity contribution in [2.24, 2.45) is 5.92 Å². The fraction of sp³-hybridized carbons (Fsp3) is 0.889. The predicted molar refractivity (Wildman–Crippen MR) is 45.6 cm³/mol. The van der Waals surface area contributed by atoms with Crippen LogP contribution in [0.15, 0.2) is 0 Å². The third-order valence-electron chi connectivity index (χ3n) is 1.64. The van der Waals surface area contributed by atoms with Crippen LogP contribution in [0.4, 0.5) is 0 Å². The van der Waals surface area contributed by atoms with Gasteiger partial charge in [-0.2, -0.15) is 0 Å². The zero-order valence-electron chi connectivity index (χ0n) is 7.72. The molecule has 2 heteroatoms. The second-order valence-electron chi connectivity index (χ2n) is 3.08. The van der Waals surface area contributed by atoms with Crippen molar-refractivity contribution < 1.29 is 9.53 Å². The Balaban J connectivity index is 0.000000183. The lowest BCUT2D eigenvalue weighted by Crippen LogP contribution is -1.98. The number of Topliss-reactive ketones (excluding diaryl/α,β-unsaturated/α-hetero) is 1. The molecule has 66 valence electrons. The number of carbonyl (C=O) groups is 1. The first-order valence-electron chi connectivity index (χ1n) is 4.22. The molecular weight excluding hydrogens is 140 g/mol. The first-order chi connectivity index (χ1) is 5.14. The SMILES string of the molecule is C1CCOC1.CC(=O)C(C)C. The summed E-state index contributed by atoms with van der Waals surface area (Å²) in [5.41, 5.74) is 0. The molecule has 1 heterocycles. The average molecular weight is 158 g/mol. The van der Waals surface area contributed by atoms with E-state index in [-0.39, 0.29) is 11.7 Å². The van der Waals surface area contributed by atoms with Gasteiger partial charge in [0.05, 0.1) is 0 Å². The third kappa shape index (κ3) is 7.53. The van der Waals surface area contributed by atoms with Gasteiger partial charge in [-0.25, -0.2) is 0 Å². The lowest BCUT2D eigenvalue weighted by Gasteiger charge is -1.90. The fourth-order valence-corrected chi connectivity index (χ4v) is 0.510. The smallest absolute Gasteiger partial charge is 0.132 e. The summed E-state index contributed by atoms with van der Waals surface area (Å²) in [6, 6.07) is 0. The number of ketones is 1. The molecule has 1 aliphatic heterocycles. The Labute approximate surface area is 68.9 Å². The summed E-state index contributed by atoms with van der Waals surface area (Å²) in [6.07, 6.45) is 2.56. The van der Waals surface area contributed by atoms with Crippen LogP contribution in [0.2, 0.25) is 0 Å². The molecule has 0 saturated carbocycles. The number of hydrogen-bond acceptors (Lipinski definition) is 2. The topological polar surface area (TPSA) is 26.3 Å². The molecule has 1 fully saturated rings. The number of carbonyl (C=O) groups excluding carboxylic acids is 1. The molecule has 0 aromatic rings. The highest BCUT2D eigenvalue weighted by Gasteiger charge is 1.95. The molecule has 1 saturated heterocycles. The van der Waals surface area contributed by atoms with Gasteiger partial charge in [-0.05, 0) is 19.8 Å². The van der Waals surface area contributed by atoms with Crippen molar-refractivity contribution in [1.82, 2.24) is 0 Å². The van der Waals surface area contributed by atoms with Crippen LogP contribution in [-0.4, -0.2) is 19.0 Å². The van der Waals surface area contributed by atoms with Crippen LogP contribution in [0.3, 0.4) is 0 Å². The van der Waals surface area contributed by atoms with Gasteiger partial charge in [-0.3, -0.25) is 4.79 Å². The van der Waals surface area contributed by atoms with Crippen molar-refractivity contribution in [3.05, 3.63) is 0 Å². The van der Waals surface area contributed by atoms with Crippen molar-refractivity contribution >= 4 is 5.78 Å². The highest BCUT2D eigenvalue weighted by molar-refractivity contribution is 5.77. The van der Waals surface area contributed by atoms with E-state index in [4.69, 9.17) is 4.74 Å². The monoisotopic (exact) mass is 158 g/mol. The van der Waals surface area contributed by atoms with Crippen molar-refractivity contribution in [1.29, 1.82) is 0 Å². The van der Waals surface area contributed by atoms with Crippen molar-refractivity contribution in [3.63, 3.8) is 0 Å². The van der Waals surface area contributed by atoms with Gasteiger partial charge in [0, 0.05) is 19.1 Å². The maximum Gasteiger partial charge on any atom is 0.132 e. The van der Waals surface area contributed by atoms with Crippen LogP contribution in [0.25, 0.3) is 0 Å². The van der Waals surface area contributed by atoms with Crippen LogP contribution >= 0.6 is 0 Å². The quantitative estimate of drug-likeness (QED) is 0.583. The second kappa shape index (κ2) is 6.35. The molecular formula is C9H18O2. The van der Waals surface area contributed by atoms with E-state index >= 15 is 0 Å². The Kier molecular flexibility index (Phi) is 6.13. The minimum Gasteiger partial charge on any atom is -0.381 e. The Hall–Kier alpha value is -0.370. The van der Waals surface area contributed by atoms with E-state index in [1.807, 2.05) is 13.8 Å². The maximum atomic E-state index is 10.1. The number of rotatable bonds is 1. The summed E-state index contributed by atoms with van der Waals surface area (Å²) in [5, 5.41) is 0. The minimum absolute atomic E-state index is 0.213. The minimum atomic E-state index is 0.213. The lowest BCUT2D eigenvalue weighted by molar-refractivity contribution is -0.119. The highest BCUT2D eigenvalue weighted by atomic mass is 16.5. The van der Waals surface area contributed by atoms with Gasteiger partial charge in [0.1, 0.15) is 5.78 Å². The Morgan fingerprint density at radius 3 is 1.73 bits per heavy atom. The Morgan fingerprint density at radius 2 is 1.64 bits per heavy atom. The Bertz CT molecular complexity index is 96.5. The molecule has 0 unspecified atom stereocenters. The molecule has 0 bridgehead atoms. The predicted octanol–water partition coefficient (Wildman–Crippen LogP) is 2.03. The summed E-state index contributed by atoms with van der Waals surface area (Å²) in [6.45, 7) is 7.38. The first-order valence-corrected chi connectivity index (χ1v) is 4.22. The van der Waals surface area contributed by atoms with Crippen LogP contribution in [0.1, 0.15) is 33.6 Å². The van der Waals surface area contributed by atoms with E-state index in [2.05, 4.69) is 0 Å². The lowest BCUT2D eigenvalue weighted by atomic mass is 10.1. The fourth-order valence-electron chi connectivity index (χ4n) is 0.510. The maximum absolute atomic E-state index is 10.1. The third-order valence-corrected chi connectivity index (χ3v) is 1.64. The van der Waals surface area contributed by atoms with Gasteiger partial charge >= 0.3 is 0 Å². The molecule has 1 aliphatic rings. The molecule has 1 rings (SSSR count). The molecule has 11 heavy (non-hydrogen) atoms. The molecule has 0 aliphatic carbocycles. The Morgan fingerprint density at radius 1 is 1.27 bits per heavy atom. The van der Waals surface area contributed by atoms with Gasteiger partial charge < -0.3 is 4.74 Å². The molecule has 0 radical (unpaired) electrons. The van der Waals surface area contributed by atoms with Crippen LogP contribution < -0.4 is 0 Å². The number of hydrogen-bond donors (Lipinski definition) is 0. The zero-order valence-corrected chi connectivity index (χ0v) is 7.72. The van der Waals surface area contributed by atoms with Gasteiger partial charge in [0.25, 0.3) is 0 Å². The van der Waals surface area contributed by atoms with Crippen LogP contribution in [-0.2, 0) is 9.53 Å².